The molecule has 0 aliphatic heterocycles. The molecule has 0 radical (unpaired) electrons. The zero-order chi connectivity index (χ0) is 12.4. The minimum atomic E-state index is 0.886. The Morgan fingerprint density at radius 1 is 0.625 bits per heavy atom. The number of hydrogen-bond donors (Lipinski definition) is 0. The third-order valence-electron chi connectivity index (χ3n) is 3.93. The maximum Gasteiger partial charge on any atom is -0.0417 e. The van der Waals surface area contributed by atoms with Crippen LogP contribution < -0.4 is 0 Å². The molecule has 0 saturated heterocycles. The lowest BCUT2D eigenvalue weighted by atomic mass is 9.86. The molecule has 0 nitrogen and oxygen atoms in total. The molecule has 0 aromatic heterocycles. The first-order valence-corrected chi connectivity index (χ1v) is 7.57. The van der Waals surface area contributed by atoms with Gasteiger partial charge in [-0.1, -0.05) is 86.0 Å². The Bertz CT molecular complexity index is 137. The van der Waals surface area contributed by atoms with E-state index in [-0.39, 0.29) is 0 Å². The lowest BCUT2D eigenvalue weighted by Crippen LogP contribution is -2.08. The van der Waals surface area contributed by atoms with Gasteiger partial charge in [-0.25, -0.2) is 0 Å². The summed E-state index contributed by atoms with van der Waals surface area (Å²) in [5.74, 6) is 2.76. The van der Waals surface area contributed by atoms with E-state index in [0.29, 0.717) is 0 Å². The highest BCUT2D eigenvalue weighted by atomic mass is 14.2. The first-order valence-electron chi connectivity index (χ1n) is 7.57. The van der Waals surface area contributed by atoms with Gasteiger partial charge in [0.2, 0.25) is 0 Å². The van der Waals surface area contributed by atoms with Gasteiger partial charge in [0.25, 0.3) is 0 Å². The minimum Gasteiger partial charge on any atom is -0.0654 e. The lowest BCUT2D eigenvalue weighted by Gasteiger charge is -2.19. The summed E-state index contributed by atoms with van der Waals surface area (Å²) in [7, 11) is 0. The Hall–Kier alpha value is 0. The summed E-state index contributed by atoms with van der Waals surface area (Å²) in [4.78, 5) is 0. The molecule has 2 unspecified atom stereocenters. The first kappa shape index (κ1) is 16.0. The molecule has 0 aromatic rings. The molecule has 0 N–H and O–H groups in total. The van der Waals surface area contributed by atoms with Crippen molar-refractivity contribution in [2.24, 2.45) is 17.8 Å². The summed E-state index contributed by atoms with van der Waals surface area (Å²) in [5.41, 5.74) is 0. The van der Waals surface area contributed by atoms with Crippen molar-refractivity contribution >= 4 is 0 Å². The van der Waals surface area contributed by atoms with Crippen LogP contribution in [-0.4, -0.2) is 0 Å². The fraction of sp³-hybridized carbons (Fsp3) is 1.00. The molecule has 0 spiro atoms. The van der Waals surface area contributed by atoms with Crippen LogP contribution in [0.2, 0.25) is 0 Å². The molecular weight excluding hydrogens is 192 g/mol. The van der Waals surface area contributed by atoms with Crippen LogP contribution in [0.15, 0.2) is 0 Å². The molecule has 16 heavy (non-hydrogen) atoms. The summed E-state index contributed by atoms with van der Waals surface area (Å²) in [6, 6.07) is 0. The van der Waals surface area contributed by atoms with Crippen LogP contribution >= 0.6 is 0 Å². The molecule has 0 bridgehead atoms. The highest BCUT2D eigenvalue weighted by Crippen LogP contribution is 2.23. The van der Waals surface area contributed by atoms with Gasteiger partial charge >= 0.3 is 0 Å². The lowest BCUT2D eigenvalue weighted by molar-refractivity contribution is 0.321. The van der Waals surface area contributed by atoms with E-state index in [1.165, 1.54) is 51.4 Å². The normalized spacial score (nSPS) is 15.4. The third kappa shape index (κ3) is 9.24. The molecule has 0 rings (SSSR count). The Labute approximate surface area is 104 Å². The van der Waals surface area contributed by atoms with E-state index in [1.54, 1.807) is 0 Å². The van der Waals surface area contributed by atoms with Crippen LogP contribution in [0.4, 0.5) is 0 Å². The zero-order valence-corrected chi connectivity index (χ0v) is 12.4. The van der Waals surface area contributed by atoms with Crippen molar-refractivity contribution in [1.29, 1.82) is 0 Å². The fourth-order valence-electron chi connectivity index (χ4n) is 2.30. The Kier molecular flexibility index (Phi) is 10.2. The van der Waals surface area contributed by atoms with E-state index < -0.39 is 0 Å². The van der Waals surface area contributed by atoms with Gasteiger partial charge in [-0.3, -0.25) is 0 Å². The van der Waals surface area contributed by atoms with Crippen molar-refractivity contribution in [1.82, 2.24) is 0 Å². The summed E-state index contributed by atoms with van der Waals surface area (Å²) in [5, 5.41) is 0. The maximum atomic E-state index is 2.45. The third-order valence-corrected chi connectivity index (χ3v) is 3.93. The van der Waals surface area contributed by atoms with Crippen LogP contribution in [0.25, 0.3) is 0 Å². The van der Waals surface area contributed by atoms with E-state index in [9.17, 15) is 0 Å². The molecule has 98 valence electrons. The SMILES string of the molecule is CCCCCC(C)C(C)CCCCC(C)C. The zero-order valence-electron chi connectivity index (χ0n) is 12.4. The molecule has 0 aliphatic rings. The average Bonchev–Trinajstić information content (AvgIpc) is 2.24. The minimum absolute atomic E-state index is 0.886. The second-order valence-corrected chi connectivity index (χ2v) is 6.13. The van der Waals surface area contributed by atoms with Gasteiger partial charge < -0.3 is 0 Å². The summed E-state index contributed by atoms with van der Waals surface area (Å²) in [6.45, 7) is 11.8. The van der Waals surface area contributed by atoms with Crippen LogP contribution in [0.5, 0.6) is 0 Å². The van der Waals surface area contributed by atoms with Gasteiger partial charge in [0.1, 0.15) is 0 Å². The Morgan fingerprint density at radius 2 is 1.06 bits per heavy atom. The average molecular weight is 226 g/mol. The van der Waals surface area contributed by atoms with Crippen molar-refractivity contribution < 1.29 is 0 Å². The topological polar surface area (TPSA) is 0 Å². The predicted molar refractivity (Wildman–Crippen MR) is 75.8 cm³/mol. The van der Waals surface area contributed by atoms with Gasteiger partial charge in [0.05, 0.1) is 0 Å². The molecule has 0 amide bonds. The number of rotatable bonds is 10. The first-order chi connectivity index (χ1) is 7.57. The smallest absolute Gasteiger partial charge is 0.0417 e. The molecule has 0 heteroatoms. The highest BCUT2D eigenvalue weighted by Gasteiger charge is 2.11. The van der Waals surface area contributed by atoms with Gasteiger partial charge in [0.15, 0.2) is 0 Å². The second kappa shape index (κ2) is 10.2. The fourth-order valence-corrected chi connectivity index (χ4v) is 2.30. The summed E-state index contributed by atoms with van der Waals surface area (Å²) in [6.07, 6.45) is 11.4. The van der Waals surface area contributed by atoms with Crippen LogP contribution in [0, 0.1) is 17.8 Å². The van der Waals surface area contributed by atoms with E-state index in [0.717, 1.165) is 17.8 Å². The number of unbranched alkanes of at least 4 members (excludes halogenated alkanes) is 3. The highest BCUT2D eigenvalue weighted by molar-refractivity contribution is 4.63. The molecule has 0 fully saturated rings. The molecule has 2 atom stereocenters. The molecule has 0 aliphatic carbocycles. The molecule has 0 saturated carbocycles. The Balaban J connectivity index is 3.43. The van der Waals surface area contributed by atoms with E-state index in [1.807, 2.05) is 0 Å². The standard InChI is InChI=1S/C16H34/c1-6-7-8-12-15(4)16(5)13-10-9-11-14(2)3/h14-16H,6-13H2,1-5H3. The van der Waals surface area contributed by atoms with Crippen LogP contribution in [0.3, 0.4) is 0 Å². The second-order valence-electron chi connectivity index (χ2n) is 6.13. The van der Waals surface area contributed by atoms with Crippen molar-refractivity contribution in [3.05, 3.63) is 0 Å². The summed E-state index contributed by atoms with van der Waals surface area (Å²) >= 11 is 0. The number of hydrogen-bond acceptors (Lipinski definition) is 0. The molecule has 0 heterocycles. The van der Waals surface area contributed by atoms with Crippen LogP contribution in [0.1, 0.15) is 86.0 Å². The van der Waals surface area contributed by atoms with E-state index in [4.69, 9.17) is 0 Å². The predicted octanol–water partition coefficient (Wildman–Crippen LogP) is 6.06. The van der Waals surface area contributed by atoms with Gasteiger partial charge in [0, 0.05) is 0 Å². The molecular formula is C16H34. The van der Waals surface area contributed by atoms with Gasteiger partial charge in [-0.05, 0) is 17.8 Å². The van der Waals surface area contributed by atoms with Crippen LogP contribution in [-0.2, 0) is 0 Å². The maximum absolute atomic E-state index is 2.45. The van der Waals surface area contributed by atoms with Gasteiger partial charge in [-0.2, -0.15) is 0 Å². The van der Waals surface area contributed by atoms with Crippen molar-refractivity contribution in [3.8, 4) is 0 Å². The van der Waals surface area contributed by atoms with E-state index >= 15 is 0 Å². The van der Waals surface area contributed by atoms with Gasteiger partial charge in [-0.15, -0.1) is 0 Å². The monoisotopic (exact) mass is 226 g/mol. The van der Waals surface area contributed by atoms with E-state index in [2.05, 4.69) is 34.6 Å². The van der Waals surface area contributed by atoms with Crippen molar-refractivity contribution in [2.45, 2.75) is 86.0 Å². The summed E-state index contributed by atoms with van der Waals surface area (Å²) < 4.78 is 0. The quantitative estimate of drug-likeness (QED) is 0.397. The van der Waals surface area contributed by atoms with Crippen molar-refractivity contribution in [3.63, 3.8) is 0 Å². The Morgan fingerprint density at radius 3 is 1.50 bits per heavy atom. The largest absolute Gasteiger partial charge is 0.0654 e. The molecule has 0 aromatic carbocycles. The van der Waals surface area contributed by atoms with Crippen molar-refractivity contribution in [2.75, 3.05) is 0 Å².